The Hall–Kier alpha value is -2.26. The van der Waals surface area contributed by atoms with Crippen LogP contribution in [0, 0.1) is 5.92 Å². The summed E-state index contributed by atoms with van der Waals surface area (Å²) in [6.07, 6.45) is 2.39. The van der Waals surface area contributed by atoms with E-state index in [1.54, 1.807) is 29.2 Å². The number of hydrogen-bond donors (Lipinski definition) is 1. The molecule has 0 saturated heterocycles. The van der Waals surface area contributed by atoms with Gasteiger partial charge in [0.1, 0.15) is 4.90 Å². The highest BCUT2D eigenvalue weighted by molar-refractivity contribution is 9.10. The van der Waals surface area contributed by atoms with Gasteiger partial charge in [0.25, 0.3) is 10.0 Å². The topological polar surface area (TPSA) is 84.9 Å². The minimum absolute atomic E-state index is 0.0144. The van der Waals surface area contributed by atoms with Gasteiger partial charge in [-0.2, -0.15) is 0 Å². The molecule has 2 aromatic carbocycles. The van der Waals surface area contributed by atoms with E-state index in [-0.39, 0.29) is 23.5 Å². The van der Waals surface area contributed by atoms with Crippen molar-refractivity contribution in [1.29, 1.82) is 0 Å². The number of hydrogen-bond acceptors (Lipinski definition) is 5. The van der Waals surface area contributed by atoms with Gasteiger partial charge >= 0.3 is 0 Å². The fourth-order valence-corrected chi connectivity index (χ4v) is 5.60. The lowest BCUT2D eigenvalue weighted by Gasteiger charge is -2.21. The van der Waals surface area contributed by atoms with Crippen LogP contribution >= 0.6 is 15.9 Å². The Morgan fingerprint density at radius 1 is 1.14 bits per heavy atom. The van der Waals surface area contributed by atoms with Gasteiger partial charge in [-0.05, 0) is 49.1 Å². The molecule has 1 N–H and O–H groups in total. The highest BCUT2D eigenvalue weighted by Gasteiger charge is 2.39. The SMILES string of the molecule is O=C(C1CC1)N1CCc2cc(Br)cc(S(=O)(=O)Nc3ccc4c(c3)OCO4)c21. The zero-order chi connectivity index (χ0) is 19.5. The predicted molar refractivity (Wildman–Crippen MR) is 106 cm³/mol. The second-order valence-corrected chi connectivity index (χ2v) is 9.67. The van der Waals surface area contributed by atoms with Crippen LogP contribution in [0.2, 0.25) is 0 Å². The summed E-state index contributed by atoms with van der Waals surface area (Å²) in [5.41, 5.74) is 1.72. The van der Waals surface area contributed by atoms with E-state index in [1.165, 1.54) is 0 Å². The molecular formula is C19H17BrN2O5S. The molecule has 28 heavy (non-hydrogen) atoms. The summed E-state index contributed by atoms with van der Waals surface area (Å²) in [4.78, 5) is 14.4. The average Bonchev–Trinajstić information content (AvgIpc) is 3.25. The van der Waals surface area contributed by atoms with Crippen molar-refractivity contribution in [3.63, 3.8) is 0 Å². The third-order valence-electron chi connectivity index (χ3n) is 5.10. The van der Waals surface area contributed by atoms with Crippen molar-refractivity contribution < 1.29 is 22.7 Å². The molecule has 0 aromatic heterocycles. The first kappa shape index (κ1) is 17.8. The molecule has 0 unspecified atom stereocenters. The summed E-state index contributed by atoms with van der Waals surface area (Å²) in [5.74, 6) is 1.10. The molecule has 2 aliphatic heterocycles. The number of anilines is 2. The molecule has 9 heteroatoms. The molecule has 0 bridgehead atoms. The van der Waals surface area contributed by atoms with Gasteiger partial charge in [-0.25, -0.2) is 8.42 Å². The van der Waals surface area contributed by atoms with Crippen molar-refractivity contribution in [3.05, 3.63) is 40.4 Å². The molecule has 5 rings (SSSR count). The van der Waals surface area contributed by atoms with Gasteiger partial charge in [0.2, 0.25) is 12.7 Å². The molecule has 2 aromatic rings. The fourth-order valence-electron chi connectivity index (χ4n) is 3.62. The number of fused-ring (bicyclic) bond motifs is 2. The summed E-state index contributed by atoms with van der Waals surface area (Å²) < 4.78 is 40.3. The van der Waals surface area contributed by atoms with Crippen molar-refractivity contribution in [1.82, 2.24) is 0 Å². The molecule has 1 amide bonds. The van der Waals surface area contributed by atoms with Crippen LogP contribution < -0.4 is 19.1 Å². The van der Waals surface area contributed by atoms with E-state index in [0.717, 1.165) is 18.4 Å². The molecule has 3 aliphatic rings. The second-order valence-electron chi connectivity index (χ2n) is 7.10. The predicted octanol–water partition coefficient (Wildman–Crippen LogP) is 3.28. The van der Waals surface area contributed by atoms with E-state index >= 15 is 0 Å². The molecule has 1 aliphatic carbocycles. The zero-order valence-corrected chi connectivity index (χ0v) is 17.2. The van der Waals surface area contributed by atoms with E-state index in [9.17, 15) is 13.2 Å². The second kappa shape index (κ2) is 6.38. The van der Waals surface area contributed by atoms with Gasteiger partial charge in [0.05, 0.1) is 11.4 Å². The monoisotopic (exact) mass is 464 g/mol. The largest absolute Gasteiger partial charge is 0.454 e. The van der Waals surface area contributed by atoms with Crippen molar-refractivity contribution in [2.45, 2.75) is 24.2 Å². The van der Waals surface area contributed by atoms with Crippen LogP contribution in [-0.2, 0) is 21.2 Å². The number of carbonyl (C=O) groups excluding carboxylic acids is 1. The van der Waals surface area contributed by atoms with Crippen molar-refractivity contribution >= 4 is 43.2 Å². The highest BCUT2D eigenvalue weighted by Crippen LogP contribution is 2.42. The number of rotatable bonds is 4. The molecule has 0 spiro atoms. The molecule has 7 nitrogen and oxygen atoms in total. The number of sulfonamides is 1. The molecule has 1 fully saturated rings. The minimum Gasteiger partial charge on any atom is -0.454 e. The van der Waals surface area contributed by atoms with E-state index in [0.29, 0.717) is 40.3 Å². The Morgan fingerprint density at radius 2 is 1.93 bits per heavy atom. The van der Waals surface area contributed by atoms with Crippen LogP contribution in [0.4, 0.5) is 11.4 Å². The van der Waals surface area contributed by atoms with Gasteiger partial charge in [-0.1, -0.05) is 15.9 Å². The summed E-state index contributed by atoms with van der Waals surface area (Å²) in [5, 5.41) is 0. The van der Waals surface area contributed by atoms with Crippen LogP contribution in [0.5, 0.6) is 11.5 Å². The van der Waals surface area contributed by atoms with Crippen LogP contribution in [0.1, 0.15) is 18.4 Å². The van der Waals surface area contributed by atoms with Crippen molar-refractivity contribution in [2.24, 2.45) is 5.92 Å². The van der Waals surface area contributed by atoms with Crippen molar-refractivity contribution in [2.75, 3.05) is 23.0 Å². The number of carbonyl (C=O) groups is 1. The summed E-state index contributed by atoms with van der Waals surface area (Å²) in [6.45, 7) is 0.622. The molecule has 0 atom stereocenters. The maximum Gasteiger partial charge on any atom is 0.264 e. The van der Waals surface area contributed by atoms with Gasteiger partial charge in [0, 0.05) is 23.0 Å². The first-order chi connectivity index (χ1) is 13.4. The highest BCUT2D eigenvalue weighted by atomic mass is 79.9. The van der Waals surface area contributed by atoms with E-state index in [4.69, 9.17) is 9.47 Å². The lowest BCUT2D eigenvalue weighted by atomic mass is 10.2. The maximum absolute atomic E-state index is 13.2. The molecule has 2 heterocycles. The number of amides is 1. The Labute approximate surface area is 170 Å². The summed E-state index contributed by atoms with van der Waals surface area (Å²) in [6, 6.07) is 8.30. The summed E-state index contributed by atoms with van der Waals surface area (Å²) in [7, 11) is -3.92. The van der Waals surface area contributed by atoms with E-state index in [1.807, 2.05) is 6.07 Å². The van der Waals surface area contributed by atoms with Gasteiger partial charge in [-0.15, -0.1) is 0 Å². The third-order valence-corrected chi connectivity index (χ3v) is 6.95. The Morgan fingerprint density at radius 3 is 2.71 bits per heavy atom. The lowest BCUT2D eigenvalue weighted by Crippen LogP contribution is -2.31. The van der Waals surface area contributed by atoms with Crippen LogP contribution in [-0.4, -0.2) is 27.7 Å². The number of nitrogens with one attached hydrogen (secondary N) is 1. The Kier molecular flexibility index (Phi) is 4.06. The first-order valence-electron chi connectivity index (χ1n) is 8.99. The zero-order valence-electron chi connectivity index (χ0n) is 14.8. The number of ether oxygens (including phenoxy) is 2. The van der Waals surface area contributed by atoms with Gasteiger partial charge < -0.3 is 14.4 Å². The normalized spacial score (nSPS) is 17.5. The lowest BCUT2D eigenvalue weighted by molar-refractivity contribution is -0.119. The van der Waals surface area contributed by atoms with E-state index in [2.05, 4.69) is 20.7 Å². The number of nitrogens with zero attached hydrogens (tertiary/aromatic N) is 1. The van der Waals surface area contributed by atoms with Crippen LogP contribution in [0.3, 0.4) is 0 Å². The smallest absolute Gasteiger partial charge is 0.264 e. The molecular weight excluding hydrogens is 448 g/mol. The molecule has 0 radical (unpaired) electrons. The van der Waals surface area contributed by atoms with Gasteiger partial charge in [0.15, 0.2) is 11.5 Å². The number of benzene rings is 2. The van der Waals surface area contributed by atoms with Crippen molar-refractivity contribution in [3.8, 4) is 11.5 Å². The number of halogens is 1. The first-order valence-corrected chi connectivity index (χ1v) is 11.3. The Balaban J connectivity index is 1.54. The minimum atomic E-state index is -3.92. The maximum atomic E-state index is 13.2. The summed E-state index contributed by atoms with van der Waals surface area (Å²) >= 11 is 3.40. The van der Waals surface area contributed by atoms with Gasteiger partial charge in [-0.3, -0.25) is 9.52 Å². The van der Waals surface area contributed by atoms with Crippen LogP contribution in [0.25, 0.3) is 0 Å². The van der Waals surface area contributed by atoms with E-state index < -0.39 is 10.0 Å². The Bertz CT molecular complexity index is 1100. The van der Waals surface area contributed by atoms with Crippen LogP contribution in [0.15, 0.2) is 39.7 Å². The third kappa shape index (κ3) is 3.02. The fraction of sp³-hybridized carbons (Fsp3) is 0.316. The quantitative estimate of drug-likeness (QED) is 0.750. The molecule has 1 saturated carbocycles. The standard InChI is InChI=1S/C19H17BrN2O5S/c20-13-7-12-5-6-22(19(23)11-1-2-11)18(12)17(8-13)28(24,25)21-14-3-4-15-16(9-14)27-10-26-15/h3-4,7-9,11,21H,1-2,5-6,10H2. The average molecular weight is 465 g/mol. The molecule has 146 valence electrons.